The molecule has 0 fully saturated rings. The highest BCUT2D eigenvalue weighted by Gasteiger charge is 2.07. The fraction of sp³-hybridized carbons (Fsp3) is 0.125. The van der Waals surface area contributed by atoms with Crippen molar-refractivity contribution >= 4 is 28.9 Å². The quantitative estimate of drug-likeness (QED) is 0.889. The van der Waals surface area contributed by atoms with Crippen LogP contribution >= 0.6 is 22.9 Å². The topological polar surface area (TPSA) is 68.0 Å². The Morgan fingerprint density at radius 3 is 3.07 bits per heavy atom. The number of carbonyl (C=O) groups is 1. The zero-order valence-corrected chi connectivity index (χ0v) is 8.99. The van der Waals surface area contributed by atoms with Crippen molar-refractivity contribution < 1.29 is 9.90 Å². The van der Waals surface area contributed by atoms with Gasteiger partial charge in [-0.1, -0.05) is 11.6 Å². The largest absolute Gasteiger partial charge is 0.481 e. The van der Waals surface area contributed by atoms with Crippen LogP contribution in [0.1, 0.15) is 5.56 Å². The van der Waals surface area contributed by atoms with Crippen molar-refractivity contribution in [1.82, 2.24) is 14.8 Å². The third-order valence-electron chi connectivity index (χ3n) is 1.65. The van der Waals surface area contributed by atoms with Crippen molar-refractivity contribution in [2.75, 3.05) is 0 Å². The lowest BCUT2D eigenvalue weighted by Crippen LogP contribution is -1.98. The molecule has 0 aliphatic carbocycles. The van der Waals surface area contributed by atoms with Crippen LogP contribution in [0.3, 0.4) is 0 Å². The van der Waals surface area contributed by atoms with Gasteiger partial charge >= 0.3 is 5.97 Å². The second-order valence-corrected chi connectivity index (χ2v) is 4.04. The van der Waals surface area contributed by atoms with Gasteiger partial charge in [-0.2, -0.15) is 5.10 Å². The van der Waals surface area contributed by atoms with Gasteiger partial charge in [0, 0.05) is 17.1 Å². The number of rotatable bonds is 3. The predicted octanol–water partition coefficient (Wildman–Crippen LogP) is 1.61. The Bertz CT molecular complexity index is 494. The first-order chi connectivity index (χ1) is 7.15. The van der Waals surface area contributed by atoms with E-state index < -0.39 is 5.97 Å². The van der Waals surface area contributed by atoms with Crippen molar-refractivity contribution in [3.05, 3.63) is 28.5 Å². The van der Waals surface area contributed by atoms with Gasteiger partial charge in [-0.3, -0.25) is 4.79 Å². The molecule has 0 atom stereocenters. The molecule has 78 valence electrons. The summed E-state index contributed by atoms with van der Waals surface area (Å²) in [7, 11) is 0. The van der Waals surface area contributed by atoms with Crippen LogP contribution in [0.25, 0.3) is 5.13 Å². The van der Waals surface area contributed by atoms with Gasteiger partial charge in [-0.15, -0.1) is 11.3 Å². The van der Waals surface area contributed by atoms with E-state index in [1.165, 1.54) is 22.2 Å². The summed E-state index contributed by atoms with van der Waals surface area (Å²) in [5.41, 5.74) is 0.633. The number of carboxylic acids is 1. The van der Waals surface area contributed by atoms with Crippen LogP contribution < -0.4 is 0 Å². The molecule has 0 saturated heterocycles. The summed E-state index contributed by atoms with van der Waals surface area (Å²) in [6.45, 7) is 0. The van der Waals surface area contributed by atoms with Crippen LogP contribution in [-0.2, 0) is 11.2 Å². The van der Waals surface area contributed by atoms with Crippen molar-refractivity contribution in [3.63, 3.8) is 0 Å². The zero-order chi connectivity index (χ0) is 10.8. The van der Waals surface area contributed by atoms with E-state index in [-0.39, 0.29) is 6.42 Å². The number of nitrogens with zero attached hydrogens (tertiary/aromatic N) is 3. The van der Waals surface area contributed by atoms with Gasteiger partial charge in [0.25, 0.3) is 0 Å². The monoisotopic (exact) mass is 243 g/mol. The SMILES string of the molecule is O=C(O)Cc1cnn(-c2nc(Cl)cs2)c1. The summed E-state index contributed by atoms with van der Waals surface area (Å²) in [6, 6.07) is 0. The van der Waals surface area contributed by atoms with Crippen molar-refractivity contribution in [1.29, 1.82) is 0 Å². The molecule has 2 rings (SSSR count). The molecule has 0 bridgehead atoms. The maximum Gasteiger partial charge on any atom is 0.307 e. The Kier molecular flexibility index (Phi) is 2.70. The molecule has 5 nitrogen and oxygen atoms in total. The van der Waals surface area contributed by atoms with Gasteiger partial charge in [0.15, 0.2) is 0 Å². The molecule has 2 aromatic rings. The normalized spacial score (nSPS) is 10.5. The van der Waals surface area contributed by atoms with E-state index in [9.17, 15) is 4.79 Å². The summed E-state index contributed by atoms with van der Waals surface area (Å²) in [5, 5.41) is 15.3. The van der Waals surface area contributed by atoms with E-state index in [2.05, 4.69) is 10.1 Å². The average molecular weight is 244 g/mol. The minimum atomic E-state index is -0.883. The van der Waals surface area contributed by atoms with Crippen molar-refractivity contribution in [2.45, 2.75) is 6.42 Å². The van der Waals surface area contributed by atoms with Crippen LogP contribution in [-0.4, -0.2) is 25.8 Å². The highest BCUT2D eigenvalue weighted by atomic mass is 35.5. The van der Waals surface area contributed by atoms with E-state index in [0.717, 1.165) is 0 Å². The van der Waals surface area contributed by atoms with Gasteiger partial charge in [0.05, 0.1) is 12.6 Å². The summed E-state index contributed by atoms with van der Waals surface area (Å²) in [4.78, 5) is 14.5. The first kappa shape index (κ1) is 10.1. The average Bonchev–Trinajstić information content (AvgIpc) is 2.72. The summed E-state index contributed by atoms with van der Waals surface area (Å²) in [6.07, 6.45) is 3.09. The Hall–Kier alpha value is -1.40. The van der Waals surface area contributed by atoms with Gasteiger partial charge in [0.1, 0.15) is 5.15 Å². The number of aliphatic carboxylic acids is 1. The number of halogens is 1. The summed E-state index contributed by atoms with van der Waals surface area (Å²) < 4.78 is 1.51. The second-order valence-electron chi connectivity index (χ2n) is 2.82. The van der Waals surface area contributed by atoms with E-state index in [0.29, 0.717) is 15.8 Å². The third kappa shape index (κ3) is 2.34. The van der Waals surface area contributed by atoms with Gasteiger partial charge in [-0.05, 0) is 0 Å². The van der Waals surface area contributed by atoms with Crippen LogP contribution in [0.5, 0.6) is 0 Å². The van der Waals surface area contributed by atoms with E-state index in [1.807, 2.05) is 0 Å². The van der Waals surface area contributed by atoms with E-state index in [4.69, 9.17) is 16.7 Å². The lowest BCUT2D eigenvalue weighted by molar-refractivity contribution is -0.136. The smallest absolute Gasteiger partial charge is 0.307 e. The van der Waals surface area contributed by atoms with Crippen LogP contribution in [0.2, 0.25) is 5.15 Å². The number of hydrogen-bond acceptors (Lipinski definition) is 4. The minimum absolute atomic E-state index is 0.0426. The lowest BCUT2D eigenvalue weighted by Gasteiger charge is -1.91. The molecular formula is C8H6ClN3O2S. The summed E-state index contributed by atoms with van der Waals surface area (Å²) >= 11 is 7.01. The number of carboxylic acid groups (broad SMARTS) is 1. The highest BCUT2D eigenvalue weighted by molar-refractivity contribution is 7.12. The molecule has 2 aromatic heterocycles. The molecule has 0 aromatic carbocycles. The fourth-order valence-corrected chi connectivity index (χ4v) is 1.96. The molecule has 0 saturated carbocycles. The maximum atomic E-state index is 10.4. The van der Waals surface area contributed by atoms with Gasteiger partial charge in [0.2, 0.25) is 5.13 Å². The Balaban J connectivity index is 2.23. The minimum Gasteiger partial charge on any atom is -0.481 e. The molecule has 0 radical (unpaired) electrons. The van der Waals surface area contributed by atoms with Gasteiger partial charge < -0.3 is 5.11 Å². The molecule has 0 spiro atoms. The van der Waals surface area contributed by atoms with Crippen molar-refractivity contribution in [2.24, 2.45) is 0 Å². The molecule has 7 heteroatoms. The maximum absolute atomic E-state index is 10.4. The molecule has 15 heavy (non-hydrogen) atoms. The first-order valence-corrected chi connectivity index (χ1v) is 5.27. The Morgan fingerprint density at radius 2 is 2.47 bits per heavy atom. The Morgan fingerprint density at radius 1 is 1.67 bits per heavy atom. The Labute approximate surface area is 93.9 Å². The molecule has 0 aliphatic heterocycles. The summed E-state index contributed by atoms with van der Waals surface area (Å²) in [5.74, 6) is -0.883. The molecule has 1 N–H and O–H groups in total. The first-order valence-electron chi connectivity index (χ1n) is 4.02. The van der Waals surface area contributed by atoms with Crippen LogP contribution in [0.4, 0.5) is 0 Å². The van der Waals surface area contributed by atoms with Crippen molar-refractivity contribution in [3.8, 4) is 5.13 Å². The molecule has 2 heterocycles. The number of thiazole rings is 1. The second kappa shape index (κ2) is 4.00. The third-order valence-corrected chi connectivity index (χ3v) is 2.80. The van der Waals surface area contributed by atoms with Gasteiger partial charge in [-0.25, -0.2) is 9.67 Å². The molecular weight excluding hydrogens is 238 g/mol. The van der Waals surface area contributed by atoms with Crippen LogP contribution in [0.15, 0.2) is 17.8 Å². The predicted molar refractivity (Wildman–Crippen MR) is 55.6 cm³/mol. The zero-order valence-electron chi connectivity index (χ0n) is 7.42. The number of hydrogen-bond donors (Lipinski definition) is 1. The fourth-order valence-electron chi connectivity index (χ4n) is 1.08. The van der Waals surface area contributed by atoms with E-state index >= 15 is 0 Å². The standard InChI is InChI=1S/C8H6ClN3O2S/c9-6-4-15-8(11-6)12-3-5(2-10-12)1-7(13)14/h2-4H,1H2,(H,13,14). The van der Waals surface area contributed by atoms with Crippen LogP contribution in [0, 0.1) is 0 Å². The molecule has 0 unspecified atom stereocenters. The van der Waals surface area contributed by atoms with E-state index in [1.54, 1.807) is 11.6 Å². The molecule has 0 amide bonds. The number of aromatic nitrogens is 3. The highest BCUT2D eigenvalue weighted by Crippen LogP contribution is 2.17. The lowest BCUT2D eigenvalue weighted by atomic mass is 10.3. The molecule has 0 aliphatic rings.